The Labute approximate surface area is 119 Å². The van der Waals surface area contributed by atoms with Crippen molar-refractivity contribution >= 4 is 21.7 Å². The zero-order valence-corrected chi connectivity index (χ0v) is 12.9. The number of rotatable bonds is 6. The zero-order valence-electron chi connectivity index (χ0n) is 12.1. The third-order valence-electron chi connectivity index (χ3n) is 2.85. The molecule has 1 aromatic rings. The summed E-state index contributed by atoms with van der Waals surface area (Å²) in [5, 5.41) is 2.97. The number of esters is 1. The molecule has 0 saturated heterocycles. The third-order valence-corrected chi connectivity index (χ3v) is 4.66. The molecule has 1 atom stereocenters. The van der Waals surface area contributed by atoms with Gasteiger partial charge in [-0.2, -0.15) is 0 Å². The fourth-order valence-electron chi connectivity index (χ4n) is 1.63. The summed E-state index contributed by atoms with van der Waals surface area (Å²) in [4.78, 5) is 11.7. The van der Waals surface area contributed by atoms with Gasteiger partial charge < -0.3 is 10.1 Å². The lowest BCUT2D eigenvalue weighted by atomic mass is 10.2. The summed E-state index contributed by atoms with van der Waals surface area (Å²) in [6.07, 6.45) is 0.539. The molecule has 0 fully saturated rings. The first kappa shape index (κ1) is 16.5. The zero-order chi connectivity index (χ0) is 15.3. The van der Waals surface area contributed by atoms with E-state index in [4.69, 9.17) is 0 Å². The number of hydrogen-bond acceptors (Lipinski definition) is 5. The number of sulfonamides is 1. The fraction of sp³-hybridized carbons (Fsp3) is 0.462. The van der Waals surface area contributed by atoms with E-state index in [-0.39, 0.29) is 10.9 Å². The maximum Gasteiger partial charge on any atom is 0.328 e. The number of ether oxygens (including phenoxy) is 1. The molecule has 1 rings (SSSR count). The van der Waals surface area contributed by atoms with Gasteiger partial charge in [-0.05, 0) is 24.6 Å². The van der Waals surface area contributed by atoms with Crippen LogP contribution >= 0.6 is 0 Å². The molecule has 0 aliphatic rings. The molecule has 0 saturated carbocycles. The van der Waals surface area contributed by atoms with E-state index in [0.29, 0.717) is 12.1 Å². The van der Waals surface area contributed by atoms with Crippen LogP contribution in [0.2, 0.25) is 0 Å². The number of carbonyl (C=O) groups is 1. The van der Waals surface area contributed by atoms with Crippen LogP contribution in [-0.4, -0.2) is 45.9 Å². The van der Waals surface area contributed by atoms with Crippen LogP contribution < -0.4 is 5.32 Å². The molecule has 0 radical (unpaired) electrons. The van der Waals surface area contributed by atoms with E-state index in [1.165, 1.54) is 33.3 Å². The number of nitrogens with zero attached hydrogens (tertiary/aromatic N) is 1. The average Bonchev–Trinajstić information content (AvgIpc) is 2.44. The van der Waals surface area contributed by atoms with Gasteiger partial charge in [0.2, 0.25) is 10.0 Å². The van der Waals surface area contributed by atoms with Crippen LogP contribution in [0.3, 0.4) is 0 Å². The summed E-state index contributed by atoms with van der Waals surface area (Å²) in [5.41, 5.74) is 0.560. The molecule has 20 heavy (non-hydrogen) atoms. The number of methoxy groups -OCH3 is 1. The van der Waals surface area contributed by atoms with E-state index < -0.39 is 16.1 Å². The van der Waals surface area contributed by atoms with Crippen molar-refractivity contribution in [1.82, 2.24) is 4.31 Å². The summed E-state index contributed by atoms with van der Waals surface area (Å²) < 4.78 is 29.9. The van der Waals surface area contributed by atoms with Crippen LogP contribution in [0.15, 0.2) is 29.2 Å². The molecule has 112 valence electrons. The maximum absolute atomic E-state index is 12.0. The lowest BCUT2D eigenvalue weighted by molar-refractivity contribution is -0.141. The molecular formula is C13H20N2O4S. The van der Waals surface area contributed by atoms with Gasteiger partial charge in [0, 0.05) is 19.8 Å². The van der Waals surface area contributed by atoms with Crippen molar-refractivity contribution in [2.75, 3.05) is 26.5 Å². The highest BCUT2D eigenvalue weighted by molar-refractivity contribution is 7.89. The maximum atomic E-state index is 12.0. The lowest BCUT2D eigenvalue weighted by Crippen LogP contribution is -2.30. The first-order valence-corrected chi connectivity index (χ1v) is 7.64. The highest BCUT2D eigenvalue weighted by Crippen LogP contribution is 2.19. The molecule has 0 spiro atoms. The minimum atomic E-state index is -3.49. The standard InChI is InChI=1S/C13H20N2O4S/c1-5-12(13(16)19-4)14-10-7-6-8-11(9-10)20(17,18)15(2)3/h6-9,12,14H,5H2,1-4H3. The van der Waals surface area contributed by atoms with Crippen molar-refractivity contribution in [1.29, 1.82) is 0 Å². The molecule has 1 aromatic carbocycles. The number of nitrogens with one attached hydrogen (secondary N) is 1. The van der Waals surface area contributed by atoms with Crippen LogP contribution in [0.1, 0.15) is 13.3 Å². The Hall–Kier alpha value is -1.60. The van der Waals surface area contributed by atoms with Crippen LogP contribution in [-0.2, 0) is 19.6 Å². The fourth-order valence-corrected chi connectivity index (χ4v) is 2.58. The Kier molecular flexibility index (Phi) is 5.52. The number of hydrogen-bond donors (Lipinski definition) is 1. The first-order chi connectivity index (χ1) is 9.32. The van der Waals surface area contributed by atoms with Crippen molar-refractivity contribution in [2.24, 2.45) is 0 Å². The lowest BCUT2D eigenvalue weighted by Gasteiger charge is -2.17. The number of benzene rings is 1. The van der Waals surface area contributed by atoms with Gasteiger partial charge in [-0.3, -0.25) is 0 Å². The molecular weight excluding hydrogens is 280 g/mol. The Morgan fingerprint density at radius 3 is 2.55 bits per heavy atom. The van der Waals surface area contributed by atoms with Crippen LogP contribution in [0.5, 0.6) is 0 Å². The smallest absolute Gasteiger partial charge is 0.328 e. The molecule has 0 aliphatic heterocycles. The molecule has 1 unspecified atom stereocenters. The van der Waals surface area contributed by atoms with Crippen molar-refractivity contribution < 1.29 is 17.9 Å². The Bertz CT molecular complexity index is 569. The van der Waals surface area contributed by atoms with Gasteiger partial charge in [-0.25, -0.2) is 17.5 Å². The van der Waals surface area contributed by atoms with E-state index in [0.717, 1.165) is 4.31 Å². The minimum Gasteiger partial charge on any atom is -0.467 e. The Morgan fingerprint density at radius 2 is 2.05 bits per heavy atom. The summed E-state index contributed by atoms with van der Waals surface area (Å²) in [6, 6.07) is 5.85. The first-order valence-electron chi connectivity index (χ1n) is 6.20. The van der Waals surface area contributed by atoms with E-state index >= 15 is 0 Å². The normalized spacial score (nSPS) is 13.1. The number of anilines is 1. The molecule has 1 N–H and O–H groups in total. The molecule has 0 aromatic heterocycles. The topological polar surface area (TPSA) is 75.7 Å². The molecule has 7 heteroatoms. The average molecular weight is 300 g/mol. The van der Waals surface area contributed by atoms with Gasteiger partial charge in [0.1, 0.15) is 6.04 Å². The van der Waals surface area contributed by atoms with Gasteiger partial charge >= 0.3 is 5.97 Å². The summed E-state index contributed by atoms with van der Waals surface area (Å²) >= 11 is 0. The quantitative estimate of drug-likeness (QED) is 0.801. The minimum absolute atomic E-state index is 0.173. The van der Waals surface area contributed by atoms with Crippen LogP contribution in [0.25, 0.3) is 0 Å². The Balaban J connectivity index is 3.03. The largest absolute Gasteiger partial charge is 0.467 e. The van der Waals surface area contributed by atoms with E-state index in [1.807, 2.05) is 6.92 Å². The van der Waals surface area contributed by atoms with E-state index in [2.05, 4.69) is 10.1 Å². The third kappa shape index (κ3) is 3.71. The second-order valence-electron chi connectivity index (χ2n) is 4.44. The molecule has 0 heterocycles. The molecule has 6 nitrogen and oxygen atoms in total. The second kappa shape index (κ2) is 6.71. The predicted octanol–water partition coefficient (Wildman–Crippen LogP) is 1.30. The molecule has 0 aliphatic carbocycles. The van der Waals surface area contributed by atoms with Crippen LogP contribution in [0.4, 0.5) is 5.69 Å². The van der Waals surface area contributed by atoms with E-state index in [9.17, 15) is 13.2 Å². The van der Waals surface area contributed by atoms with Gasteiger partial charge in [0.25, 0.3) is 0 Å². The van der Waals surface area contributed by atoms with Gasteiger partial charge in [0.15, 0.2) is 0 Å². The Morgan fingerprint density at radius 1 is 1.40 bits per heavy atom. The van der Waals surface area contributed by atoms with E-state index in [1.54, 1.807) is 12.1 Å². The number of carbonyl (C=O) groups excluding carboxylic acids is 1. The highest BCUT2D eigenvalue weighted by Gasteiger charge is 2.20. The second-order valence-corrected chi connectivity index (χ2v) is 6.60. The van der Waals surface area contributed by atoms with Crippen LogP contribution in [0, 0.1) is 0 Å². The van der Waals surface area contributed by atoms with Crippen molar-refractivity contribution in [2.45, 2.75) is 24.3 Å². The summed E-state index contributed by atoms with van der Waals surface area (Å²) in [5.74, 6) is -0.381. The van der Waals surface area contributed by atoms with Gasteiger partial charge in [-0.15, -0.1) is 0 Å². The molecule has 0 amide bonds. The van der Waals surface area contributed by atoms with Crippen molar-refractivity contribution in [3.05, 3.63) is 24.3 Å². The monoisotopic (exact) mass is 300 g/mol. The van der Waals surface area contributed by atoms with Crippen molar-refractivity contribution in [3.63, 3.8) is 0 Å². The predicted molar refractivity (Wildman–Crippen MR) is 77.0 cm³/mol. The van der Waals surface area contributed by atoms with Gasteiger partial charge in [0.05, 0.1) is 12.0 Å². The van der Waals surface area contributed by atoms with Gasteiger partial charge in [-0.1, -0.05) is 13.0 Å². The SMILES string of the molecule is CCC(Nc1cccc(S(=O)(=O)N(C)C)c1)C(=O)OC. The summed E-state index contributed by atoms with van der Waals surface area (Å²) in [6.45, 7) is 1.84. The highest BCUT2D eigenvalue weighted by atomic mass is 32.2. The van der Waals surface area contributed by atoms with Crippen molar-refractivity contribution in [3.8, 4) is 0 Å². The molecule has 0 bridgehead atoms. The summed E-state index contributed by atoms with van der Waals surface area (Å²) in [7, 11) is 0.770.